The molecule has 0 fully saturated rings. The second kappa shape index (κ2) is 6.26. The predicted molar refractivity (Wildman–Crippen MR) is 79.0 cm³/mol. The van der Waals surface area contributed by atoms with Gasteiger partial charge in [0.1, 0.15) is 10.8 Å². The third-order valence-electron chi connectivity index (χ3n) is 3.03. The zero-order chi connectivity index (χ0) is 13.8. The minimum Gasteiger partial charge on any atom is -0.309 e. The molecule has 0 aliphatic rings. The van der Waals surface area contributed by atoms with E-state index in [1.807, 2.05) is 13.0 Å². The molecule has 4 heteroatoms. The van der Waals surface area contributed by atoms with Crippen LogP contribution in [-0.4, -0.2) is 11.5 Å². The predicted octanol–water partition coefficient (Wildman–Crippen LogP) is 4.32. The van der Waals surface area contributed by atoms with Gasteiger partial charge in [-0.1, -0.05) is 19.1 Å². The SMILES string of the molecule is CCCNC(C)c1sc(-c2ccccc2F)nc1C. The number of hydrogen-bond acceptors (Lipinski definition) is 3. The molecule has 0 saturated carbocycles. The molecule has 2 nitrogen and oxygen atoms in total. The molecule has 1 aromatic heterocycles. The van der Waals surface area contributed by atoms with Crippen LogP contribution in [0, 0.1) is 12.7 Å². The first kappa shape index (κ1) is 14.2. The van der Waals surface area contributed by atoms with Crippen LogP contribution in [0.1, 0.15) is 36.9 Å². The molecule has 0 aliphatic heterocycles. The van der Waals surface area contributed by atoms with Gasteiger partial charge >= 0.3 is 0 Å². The summed E-state index contributed by atoms with van der Waals surface area (Å²) in [5.74, 6) is -0.211. The summed E-state index contributed by atoms with van der Waals surface area (Å²) in [5, 5.41) is 4.21. The van der Waals surface area contributed by atoms with Crippen LogP contribution in [-0.2, 0) is 0 Å². The Kier molecular flexibility index (Phi) is 4.66. The largest absolute Gasteiger partial charge is 0.309 e. The van der Waals surface area contributed by atoms with Gasteiger partial charge in [-0.2, -0.15) is 0 Å². The van der Waals surface area contributed by atoms with Crippen LogP contribution in [0.15, 0.2) is 24.3 Å². The van der Waals surface area contributed by atoms with Gasteiger partial charge in [0.15, 0.2) is 0 Å². The molecule has 0 saturated heterocycles. The summed E-state index contributed by atoms with van der Waals surface area (Å²) >= 11 is 1.57. The van der Waals surface area contributed by atoms with Crippen molar-refractivity contribution in [2.75, 3.05) is 6.54 Å². The average molecular weight is 278 g/mol. The van der Waals surface area contributed by atoms with Crippen molar-refractivity contribution in [3.05, 3.63) is 40.7 Å². The lowest BCUT2D eigenvalue weighted by Gasteiger charge is -2.11. The van der Waals surface area contributed by atoms with Crippen LogP contribution in [0.5, 0.6) is 0 Å². The summed E-state index contributed by atoms with van der Waals surface area (Å²) in [4.78, 5) is 5.70. The standard InChI is InChI=1S/C15H19FN2S/c1-4-9-17-10(2)14-11(3)18-15(19-14)12-7-5-6-8-13(12)16/h5-8,10,17H,4,9H2,1-3H3. The minimum atomic E-state index is -0.211. The smallest absolute Gasteiger partial charge is 0.133 e. The van der Waals surface area contributed by atoms with Crippen LogP contribution in [0.4, 0.5) is 4.39 Å². The van der Waals surface area contributed by atoms with Crippen molar-refractivity contribution in [1.82, 2.24) is 10.3 Å². The molecule has 0 aliphatic carbocycles. The summed E-state index contributed by atoms with van der Waals surface area (Å²) in [6, 6.07) is 7.06. The number of hydrogen-bond donors (Lipinski definition) is 1. The second-order valence-corrected chi connectivity index (χ2v) is 5.65. The van der Waals surface area contributed by atoms with Crippen molar-refractivity contribution >= 4 is 11.3 Å². The van der Waals surface area contributed by atoms with Crippen LogP contribution in [0.2, 0.25) is 0 Å². The number of aryl methyl sites for hydroxylation is 1. The minimum absolute atomic E-state index is 0.211. The number of halogens is 1. The molecular formula is C15H19FN2S. The maximum absolute atomic E-state index is 13.8. The van der Waals surface area contributed by atoms with Crippen LogP contribution in [0.3, 0.4) is 0 Å². The molecule has 0 spiro atoms. The molecule has 1 N–H and O–H groups in total. The third kappa shape index (κ3) is 3.19. The molecule has 0 amide bonds. The second-order valence-electron chi connectivity index (χ2n) is 4.62. The highest BCUT2D eigenvalue weighted by atomic mass is 32.1. The number of nitrogens with one attached hydrogen (secondary N) is 1. The Bertz CT molecular complexity index is 551. The van der Waals surface area contributed by atoms with Crippen molar-refractivity contribution in [3.8, 4) is 10.6 Å². The van der Waals surface area contributed by atoms with Gasteiger partial charge in [-0.25, -0.2) is 9.37 Å². The number of rotatable bonds is 5. The van der Waals surface area contributed by atoms with E-state index in [-0.39, 0.29) is 11.9 Å². The molecule has 1 unspecified atom stereocenters. The lowest BCUT2D eigenvalue weighted by Crippen LogP contribution is -2.18. The van der Waals surface area contributed by atoms with Gasteiger partial charge < -0.3 is 5.32 Å². The van der Waals surface area contributed by atoms with E-state index in [2.05, 4.69) is 24.1 Å². The Hall–Kier alpha value is -1.26. The van der Waals surface area contributed by atoms with Gasteiger partial charge in [0.05, 0.1) is 5.69 Å². The Morgan fingerprint density at radius 1 is 1.37 bits per heavy atom. The highest BCUT2D eigenvalue weighted by Gasteiger charge is 2.16. The van der Waals surface area contributed by atoms with Crippen molar-refractivity contribution in [3.63, 3.8) is 0 Å². The molecule has 0 radical (unpaired) electrons. The topological polar surface area (TPSA) is 24.9 Å². The number of thiazole rings is 1. The van der Waals surface area contributed by atoms with Gasteiger partial charge in [0.25, 0.3) is 0 Å². The average Bonchev–Trinajstić information content (AvgIpc) is 2.78. The summed E-state index contributed by atoms with van der Waals surface area (Å²) in [7, 11) is 0. The molecule has 2 aromatic rings. The Labute approximate surface area is 117 Å². The fourth-order valence-electron chi connectivity index (χ4n) is 2.01. The van der Waals surface area contributed by atoms with Gasteiger partial charge in [-0.15, -0.1) is 11.3 Å². The summed E-state index contributed by atoms with van der Waals surface area (Å²) in [5.41, 5.74) is 1.57. The van der Waals surface area contributed by atoms with Gasteiger partial charge in [-0.05, 0) is 38.9 Å². The van der Waals surface area contributed by atoms with Crippen LogP contribution < -0.4 is 5.32 Å². The van der Waals surface area contributed by atoms with E-state index in [0.717, 1.165) is 23.7 Å². The summed E-state index contributed by atoms with van der Waals surface area (Å²) in [6.45, 7) is 7.24. The normalized spacial score (nSPS) is 12.6. The fourth-order valence-corrected chi connectivity index (χ4v) is 3.13. The van der Waals surface area contributed by atoms with E-state index in [9.17, 15) is 4.39 Å². The van der Waals surface area contributed by atoms with E-state index in [1.54, 1.807) is 23.5 Å². The van der Waals surface area contributed by atoms with E-state index in [4.69, 9.17) is 0 Å². The summed E-state index contributed by atoms with van der Waals surface area (Å²) < 4.78 is 13.8. The van der Waals surface area contributed by atoms with E-state index < -0.39 is 0 Å². The maximum Gasteiger partial charge on any atom is 0.133 e. The monoisotopic (exact) mass is 278 g/mol. The number of aromatic nitrogens is 1. The van der Waals surface area contributed by atoms with Crippen molar-refractivity contribution in [2.45, 2.75) is 33.2 Å². The molecule has 19 heavy (non-hydrogen) atoms. The molecule has 1 aromatic carbocycles. The zero-order valence-corrected chi connectivity index (χ0v) is 12.4. The molecule has 2 rings (SSSR count). The first-order valence-electron chi connectivity index (χ1n) is 6.59. The van der Waals surface area contributed by atoms with Crippen molar-refractivity contribution in [2.24, 2.45) is 0 Å². The first-order valence-corrected chi connectivity index (χ1v) is 7.40. The van der Waals surface area contributed by atoms with Gasteiger partial charge in [0.2, 0.25) is 0 Å². The zero-order valence-electron chi connectivity index (χ0n) is 11.5. The molecule has 1 atom stereocenters. The van der Waals surface area contributed by atoms with Gasteiger partial charge in [0, 0.05) is 16.5 Å². The molecule has 102 valence electrons. The summed E-state index contributed by atoms with van der Waals surface area (Å²) in [6.07, 6.45) is 1.10. The molecule has 0 bridgehead atoms. The Morgan fingerprint density at radius 2 is 2.11 bits per heavy atom. The van der Waals surface area contributed by atoms with Crippen LogP contribution in [0.25, 0.3) is 10.6 Å². The number of nitrogens with zero attached hydrogens (tertiary/aromatic N) is 1. The highest BCUT2D eigenvalue weighted by molar-refractivity contribution is 7.15. The van der Waals surface area contributed by atoms with Crippen molar-refractivity contribution in [1.29, 1.82) is 0 Å². The third-order valence-corrected chi connectivity index (χ3v) is 4.40. The lowest BCUT2D eigenvalue weighted by atomic mass is 10.2. The van der Waals surface area contributed by atoms with E-state index >= 15 is 0 Å². The quantitative estimate of drug-likeness (QED) is 0.881. The Balaban J connectivity index is 2.28. The van der Waals surface area contributed by atoms with Gasteiger partial charge in [-0.3, -0.25) is 0 Å². The molecular weight excluding hydrogens is 259 g/mol. The first-order chi connectivity index (χ1) is 9.13. The van der Waals surface area contributed by atoms with E-state index in [0.29, 0.717) is 5.56 Å². The molecule has 1 heterocycles. The maximum atomic E-state index is 13.8. The number of benzene rings is 1. The lowest BCUT2D eigenvalue weighted by molar-refractivity contribution is 0.575. The van der Waals surface area contributed by atoms with E-state index in [1.165, 1.54) is 10.9 Å². The Morgan fingerprint density at radius 3 is 2.79 bits per heavy atom. The highest BCUT2D eigenvalue weighted by Crippen LogP contribution is 2.32. The van der Waals surface area contributed by atoms with Crippen molar-refractivity contribution < 1.29 is 4.39 Å². The van der Waals surface area contributed by atoms with Crippen LogP contribution >= 0.6 is 11.3 Å². The fraction of sp³-hybridized carbons (Fsp3) is 0.400.